The van der Waals surface area contributed by atoms with Gasteiger partial charge in [-0.1, -0.05) is 30.3 Å². The molecule has 0 aliphatic carbocycles. The normalized spacial score (nSPS) is 10.6. The fourth-order valence-electron chi connectivity index (χ4n) is 3.43. The Bertz CT molecular complexity index is 1230. The topological polar surface area (TPSA) is 94.9 Å². The van der Waals surface area contributed by atoms with Crippen molar-refractivity contribution < 1.29 is 23.4 Å². The summed E-state index contributed by atoms with van der Waals surface area (Å²) in [5.41, 5.74) is 3.27. The minimum Gasteiger partial charge on any atom is -0.497 e. The lowest BCUT2D eigenvalue weighted by Gasteiger charge is -2.10. The first-order valence-electron chi connectivity index (χ1n) is 11.7. The molecule has 3 aromatic carbocycles. The minimum atomic E-state index is -0.289. The van der Waals surface area contributed by atoms with Crippen LogP contribution in [-0.4, -0.2) is 37.9 Å². The van der Waals surface area contributed by atoms with Gasteiger partial charge in [0.15, 0.2) is 0 Å². The van der Waals surface area contributed by atoms with E-state index in [4.69, 9.17) is 18.6 Å². The molecule has 0 saturated heterocycles. The third kappa shape index (κ3) is 7.61. The SMILES string of the molecule is COc1ccc(-c2nc(CCNC(=O)Nc3cccc(COCCOc4ccccc4)c3)co2)cc1. The largest absolute Gasteiger partial charge is 0.497 e. The zero-order valence-electron chi connectivity index (χ0n) is 20.1. The van der Waals surface area contributed by atoms with Crippen LogP contribution in [0.2, 0.25) is 0 Å². The molecule has 0 bridgehead atoms. The average Bonchev–Trinajstić information content (AvgIpc) is 3.38. The van der Waals surface area contributed by atoms with E-state index < -0.39 is 0 Å². The molecule has 0 aliphatic rings. The maximum absolute atomic E-state index is 12.3. The van der Waals surface area contributed by atoms with E-state index in [0.717, 1.165) is 28.3 Å². The number of benzene rings is 3. The van der Waals surface area contributed by atoms with Crippen LogP contribution in [-0.2, 0) is 17.8 Å². The molecule has 8 nitrogen and oxygen atoms in total. The zero-order chi connectivity index (χ0) is 25.0. The number of ether oxygens (including phenoxy) is 3. The van der Waals surface area contributed by atoms with Crippen LogP contribution < -0.4 is 20.1 Å². The monoisotopic (exact) mass is 487 g/mol. The first-order valence-corrected chi connectivity index (χ1v) is 11.7. The van der Waals surface area contributed by atoms with Crippen molar-refractivity contribution in [3.8, 4) is 23.0 Å². The van der Waals surface area contributed by atoms with Gasteiger partial charge < -0.3 is 29.3 Å². The molecule has 2 N–H and O–H groups in total. The Morgan fingerprint density at radius 1 is 0.944 bits per heavy atom. The summed E-state index contributed by atoms with van der Waals surface area (Å²) in [5.74, 6) is 2.12. The summed E-state index contributed by atoms with van der Waals surface area (Å²) >= 11 is 0. The van der Waals surface area contributed by atoms with E-state index in [0.29, 0.717) is 44.4 Å². The number of methoxy groups -OCH3 is 1. The first kappa shape index (κ1) is 24.8. The number of oxazole rings is 1. The van der Waals surface area contributed by atoms with Crippen molar-refractivity contribution in [3.63, 3.8) is 0 Å². The summed E-state index contributed by atoms with van der Waals surface area (Å²) in [6.45, 7) is 1.79. The highest BCUT2D eigenvalue weighted by Crippen LogP contribution is 2.21. The highest BCUT2D eigenvalue weighted by atomic mass is 16.5. The van der Waals surface area contributed by atoms with Crippen LogP contribution in [0.15, 0.2) is 89.5 Å². The van der Waals surface area contributed by atoms with Gasteiger partial charge in [-0.05, 0) is 54.1 Å². The summed E-state index contributed by atoms with van der Waals surface area (Å²) in [6.07, 6.45) is 2.15. The molecule has 8 heteroatoms. The molecular weight excluding hydrogens is 458 g/mol. The third-order valence-corrected chi connectivity index (χ3v) is 5.25. The Morgan fingerprint density at radius 3 is 2.58 bits per heavy atom. The fraction of sp³-hybridized carbons (Fsp3) is 0.214. The highest BCUT2D eigenvalue weighted by molar-refractivity contribution is 5.89. The Kier molecular flexibility index (Phi) is 8.94. The van der Waals surface area contributed by atoms with Gasteiger partial charge in [0.05, 0.1) is 26.0 Å². The Hall–Kier alpha value is -4.30. The lowest BCUT2D eigenvalue weighted by Crippen LogP contribution is -2.30. The van der Waals surface area contributed by atoms with E-state index in [2.05, 4.69) is 15.6 Å². The molecule has 0 unspecified atom stereocenters. The maximum atomic E-state index is 12.3. The van der Waals surface area contributed by atoms with Gasteiger partial charge in [-0.3, -0.25) is 0 Å². The minimum absolute atomic E-state index is 0.289. The molecule has 0 spiro atoms. The van der Waals surface area contributed by atoms with Gasteiger partial charge in [0, 0.05) is 24.2 Å². The van der Waals surface area contributed by atoms with Crippen molar-refractivity contribution in [1.29, 1.82) is 0 Å². The third-order valence-electron chi connectivity index (χ3n) is 5.25. The van der Waals surface area contributed by atoms with E-state index in [-0.39, 0.29) is 6.03 Å². The number of para-hydroxylation sites is 1. The zero-order valence-corrected chi connectivity index (χ0v) is 20.1. The standard InChI is InChI=1S/C28H29N3O5/c1-33-25-12-10-22(11-13-25)27-30-24(20-36-27)14-15-29-28(32)31-23-7-5-6-21(18-23)19-34-16-17-35-26-8-3-2-4-9-26/h2-13,18,20H,14-17,19H2,1H3,(H2,29,31,32). The number of carbonyl (C=O) groups is 1. The van der Waals surface area contributed by atoms with Crippen molar-refractivity contribution in [2.45, 2.75) is 13.0 Å². The Morgan fingerprint density at radius 2 is 1.78 bits per heavy atom. The number of urea groups is 1. The molecule has 0 aliphatic heterocycles. The molecule has 0 atom stereocenters. The maximum Gasteiger partial charge on any atom is 0.319 e. The van der Waals surface area contributed by atoms with Gasteiger partial charge in [0.25, 0.3) is 0 Å². The number of carbonyl (C=O) groups excluding carboxylic acids is 1. The molecule has 0 saturated carbocycles. The second-order valence-electron chi connectivity index (χ2n) is 7.92. The fourth-order valence-corrected chi connectivity index (χ4v) is 3.43. The smallest absolute Gasteiger partial charge is 0.319 e. The molecule has 186 valence electrons. The summed E-state index contributed by atoms with van der Waals surface area (Å²) < 4.78 is 22.0. The van der Waals surface area contributed by atoms with Gasteiger partial charge in [-0.2, -0.15) is 0 Å². The van der Waals surface area contributed by atoms with Crippen LogP contribution in [0, 0.1) is 0 Å². The van der Waals surface area contributed by atoms with Crippen molar-refractivity contribution in [2.75, 3.05) is 32.2 Å². The number of amides is 2. The molecule has 1 heterocycles. The van der Waals surface area contributed by atoms with Gasteiger partial charge in [0.1, 0.15) is 24.4 Å². The summed E-state index contributed by atoms with van der Waals surface area (Å²) in [4.78, 5) is 16.8. The van der Waals surface area contributed by atoms with Crippen molar-refractivity contribution >= 4 is 11.7 Å². The highest BCUT2D eigenvalue weighted by Gasteiger charge is 2.08. The van der Waals surface area contributed by atoms with Gasteiger partial charge in [0.2, 0.25) is 5.89 Å². The number of nitrogens with one attached hydrogen (secondary N) is 2. The van der Waals surface area contributed by atoms with E-state index in [1.54, 1.807) is 13.4 Å². The molecule has 4 rings (SSSR count). The molecule has 1 aromatic heterocycles. The Balaban J connectivity index is 1.15. The van der Waals surface area contributed by atoms with E-state index in [1.165, 1.54) is 0 Å². The molecule has 4 aromatic rings. The van der Waals surface area contributed by atoms with E-state index in [1.807, 2.05) is 78.9 Å². The van der Waals surface area contributed by atoms with Gasteiger partial charge in [-0.15, -0.1) is 0 Å². The average molecular weight is 488 g/mol. The van der Waals surface area contributed by atoms with Crippen LogP contribution in [0.25, 0.3) is 11.5 Å². The number of rotatable bonds is 12. The number of nitrogens with zero attached hydrogens (tertiary/aromatic N) is 1. The van der Waals surface area contributed by atoms with Gasteiger partial charge in [-0.25, -0.2) is 9.78 Å². The van der Waals surface area contributed by atoms with E-state index >= 15 is 0 Å². The van der Waals surface area contributed by atoms with Crippen molar-refractivity contribution in [3.05, 3.63) is 96.4 Å². The van der Waals surface area contributed by atoms with E-state index in [9.17, 15) is 4.79 Å². The number of hydrogen-bond acceptors (Lipinski definition) is 6. The summed E-state index contributed by atoms with van der Waals surface area (Å²) in [7, 11) is 1.62. The van der Waals surface area contributed by atoms with Crippen LogP contribution in [0.3, 0.4) is 0 Å². The summed E-state index contributed by atoms with van der Waals surface area (Å²) in [6, 6.07) is 24.4. The number of anilines is 1. The lowest BCUT2D eigenvalue weighted by atomic mass is 10.2. The van der Waals surface area contributed by atoms with Crippen LogP contribution in [0.5, 0.6) is 11.5 Å². The van der Waals surface area contributed by atoms with Crippen LogP contribution >= 0.6 is 0 Å². The molecule has 36 heavy (non-hydrogen) atoms. The molecule has 0 fully saturated rings. The van der Waals surface area contributed by atoms with Crippen LogP contribution in [0.4, 0.5) is 10.5 Å². The van der Waals surface area contributed by atoms with Crippen LogP contribution in [0.1, 0.15) is 11.3 Å². The second kappa shape index (κ2) is 13.0. The number of aromatic nitrogens is 1. The molecule has 0 radical (unpaired) electrons. The summed E-state index contributed by atoms with van der Waals surface area (Å²) in [5, 5.41) is 5.69. The van der Waals surface area contributed by atoms with Crippen molar-refractivity contribution in [1.82, 2.24) is 10.3 Å². The number of hydrogen-bond donors (Lipinski definition) is 2. The Labute approximate surface area is 210 Å². The molecular formula is C28H29N3O5. The second-order valence-corrected chi connectivity index (χ2v) is 7.92. The van der Waals surface area contributed by atoms with Gasteiger partial charge >= 0.3 is 6.03 Å². The van der Waals surface area contributed by atoms with Crippen molar-refractivity contribution in [2.24, 2.45) is 0 Å². The molecule has 2 amide bonds. The lowest BCUT2D eigenvalue weighted by molar-refractivity contribution is 0.0889. The quantitative estimate of drug-likeness (QED) is 0.263. The predicted octanol–water partition coefficient (Wildman–Crippen LogP) is 5.31. The first-order chi connectivity index (χ1) is 17.7. The predicted molar refractivity (Wildman–Crippen MR) is 137 cm³/mol.